The number of rotatable bonds is 2. The normalized spacial score (nSPS) is 15.2. The molecular formula is C10H22ClNO. The van der Waals surface area contributed by atoms with Gasteiger partial charge in [-0.2, -0.15) is 0 Å². The molecule has 0 aromatic carbocycles. The molecule has 0 spiro atoms. The third kappa shape index (κ3) is 9.84. The van der Waals surface area contributed by atoms with E-state index in [0.717, 1.165) is 13.1 Å². The average Bonchev–Trinajstić information content (AvgIpc) is 2.63. The highest BCUT2D eigenvalue weighted by molar-refractivity contribution is 6.64. The van der Waals surface area contributed by atoms with Crippen LogP contribution >= 0.6 is 11.6 Å². The van der Waals surface area contributed by atoms with E-state index in [0.29, 0.717) is 6.54 Å². The number of hydrogen-bond acceptors (Lipinski definition) is 2. The molecule has 2 nitrogen and oxygen atoms in total. The minimum absolute atomic E-state index is 0.239. The molecule has 0 aromatic heterocycles. The van der Waals surface area contributed by atoms with Crippen molar-refractivity contribution in [2.75, 3.05) is 19.6 Å². The van der Waals surface area contributed by atoms with Gasteiger partial charge in [-0.1, -0.05) is 27.7 Å². The maximum absolute atomic E-state index is 10.3. The van der Waals surface area contributed by atoms with Crippen LogP contribution in [0, 0.1) is 0 Å². The van der Waals surface area contributed by atoms with Crippen molar-refractivity contribution in [3.05, 3.63) is 0 Å². The van der Waals surface area contributed by atoms with Gasteiger partial charge in [0, 0.05) is 0 Å². The highest BCUT2D eigenvalue weighted by Gasteiger charge is 2.12. The van der Waals surface area contributed by atoms with E-state index in [1.807, 2.05) is 27.7 Å². The van der Waals surface area contributed by atoms with Gasteiger partial charge < -0.3 is 0 Å². The lowest BCUT2D eigenvalue weighted by molar-refractivity contribution is -0.112. The summed E-state index contributed by atoms with van der Waals surface area (Å²) in [5, 5.41) is -0.239. The molecule has 0 radical (unpaired) electrons. The van der Waals surface area contributed by atoms with Crippen LogP contribution in [0.3, 0.4) is 0 Å². The minimum atomic E-state index is -0.239. The standard InChI is InChI=1S/C6H10ClNO.2C2H6/c7-6(9)5-8-3-1-2-4-8;2*1-2/h1-5H2;2*1-2H3. The van der Waals surface area contributed by atoms with Crippen molar-refractivity contribution in [1.82, 2.24) is 4.90 Å². The van der Waals surface area contributed by atoms with E-state index in [1.54, 1.807) is 0 Å². The molecule has 0 bridgehead atoms. The third-order valence-electron chi connectivity index (χ3n) is 1.55. The SMILES string of the molecule is CC.CC.O=C(Cl)CN1CCCC1. The number of carbonyl (C=O) groups excluding carboxylic acids is 1. The zero-order valence-corrected chi connectivity index (χ0v) is 10.0. The molecular weight excluding hydrogens is 186 g/mol. The lowest BCUT2D eigenvalue weighted by Gasteiger charge is -2.09. The highest BCUT2D eigenvalue weighted by Crippen LogP contribution is 2.06. The molecule has 0 saturated carbocycles. The monoisotopic (exact) mass is 207 g/mol. The summed E-state index contributed by atoms with van der Waals surface area (Å²) in [5.41, 5.74) is 0. The molecule has 1 aliphatic rings. The van der Waals surface area contributed by atoms with Crippen molar-refractivity contribution >= 4 is 16.8 Å². The van der Waals surface area contributed by atoms with E-state index in [2.05, 4.69) is 4.90 Å². The molecule has 0 atom stereocenters. The molecule has 1 aliphatic heterocycles. The lowest BCUT2D eigenvalue weighted by atomic mass is 10.4. The summed E-state index contributed by atoms with van der Waals surface area (Å²) < 4.78 is 0. The Bertz CT molecular complexity index is 111. The van der Waals surface area contributed by atoms with E-state index in [1.165, 1.54) is 12.8 Å². The number of halogens is 1. The second kappa shape index (κ2) is 11.9. The quantitative estimate of drug-likeness (QED) is 0.649. The molecule has 1 saturated heterocycles. The van der Waals surface area contributed by atoms with Gasteiger partial charge in [0.2, 0.25) is 5.24 Å². The zero-order chi connectivity index (χ0) is 10.7. The van der Waals surface area contributed by atoms with Gasteiger partial charge in [0.05, 0.1) is 6.54 Å². The summed E-state index contributed by atoms with van der Waals surface area (Å²) in [6.45, 7) is 10.5. The summed E-state index contributed by atoms with van der Waals surface area (Å²) in [5.74, 6) is 0. The van der Waals surface area contributed by atoms with Crippen LogP contribution in [0.2, 0.25) is 0 Å². The largest absolute Gasteiger partial charge is 0.295 e. The third-order valence-corrected chi connectivity index (χ3v) is 1.67. The van der Waals surface area contributed by atoms with Crippen LogP contribution in [0.1, 0.15) is 40.5 Å². The van der Waals surface area contributed by atoms with Gasteiger partial charge in [-0.15, -0.1) is 0 Å². The molecule has 1 heterocycles. The Morgan fingerprint density at radius 3 is 1.85 bits per heavy atom. The van der Waals surface area contributed by atoms with Gasteiger partial charge in [-0.05, 0) is 37.5 Å². The zero-order valence-electron chi connectivity index (χ0n) is 9.27. The number of likely N-dealkylation sites (tertiary alicyclic amines) is 1. The topological polar surface area (TPSA) is 20.3 Å². The Hall–Kier alpha value is -0.0800. The van der Waals surface area contributed by atoms with E-state index >= 15 is 0 Å². The van der Waals surface area contributed by atoms with Gasteiger partial charge in [-0.25, -0.2) is 0 Å². The first kappa shape index (κ1) is 15.4. The Balaban J connectivity index is 0. The number of nitrogens with zero attached hydrogens (tertiary/aromatic N) is 1. The predicted octanol–water partition coefficient (Wildman–Crippen LogP) is 2.90. The Morgan fingerprint density at radius 1 is 1.15 bits per heavy atom. The van der Waals surface area contributed by atoms with E-state index < -0.39 is 0 Å². The van der Waals surface area contributed by atoms with Gasteiger partial charge in [0.25, 0.3) is 0 Å². The first-order valence-electron chi connectivity index (χ1n) is 5.20. The van der Waals surface area contributed by atoms with Crippen LogP contribution in [0.25, 0.3) is 0 Å². The fourth-order valence-electron chi connectivity index (χ4n) is 1.12. The molecule has 13 heavy (non-hydrogen) atoms. The van der Waals surface area contributed by atoms with Crippen LogP contribution in [0.15, 0.2) is 0 Å². The fraction of sp³-hybridized carbons (Fsp3) is 0.900. The van der Waals surface area contributed by atoms with Gasteiger partial charge in [0.1, 0.15) is 0 Å². The van der Waals surface area contributed by atoms with Gasteiger partial charge >= 0.3 is 0 Å². The molecule has 0 unspecified atom stereocenters. The number of hydrogen-bond donors (Lipinski definition) is 0. The van der Waals surface area contributed by atoms with Crippen molar-refractivity contribution in [2.24, 2.45) is 0 Å². The lowest BCUT2D eigenvalue weighted by Crippen LogP contribution is -2.23. The molecule has 0 aromatic rings. The summed E-state index contributed by atoms with van der Waals surface area (Å²) in [6.07, 6.45) is 2.42. The van der Waals surface area contributed by atoms with Gasteiger partial charge in [0.15, 0.2) is 0 Å². The predicted molar refractivity (Wildman–Crippen MR) is 59.2 cm³/mol. The second-order valence-corrected chi connectivity index (χ2v) is 2.76. The van der Waals surface area contributed by atoms with Crippen molar-refractivity contribution in [2.45, 2.75) is 40.5 Å². The van der Waals surface area contributed by atoms with Crippen LogP contribution in [0.5, 0.6) is 0 Å². The molecule has 1 rings (SSSR count). The summed E-state index contributed by atoms with van der Waals surface area (Å²) in [4.78, 5) is 12.4. The maximum Gasteiger partial charge on any atom is 0.235 e. The molecule has 0 amide bonds. The maximum atomic E-state index is 10.3. The molecule has 0 N–H and O–H groups in total. The Morgan fingerprint density at radius 2 is 1.54 bits per heavy atom. The highest BCUT2D eigenvalue weighted by atomic mass is 35.5. The molecule has 0 aliphatic carbocycles. The Kier molecular flexibility index (Phi) is 14.1. The van der Waals surface area contributed by atoms with Crippen LogP contribution in [0.4, 0.5) is 0 Å². The van der Waals surface area contributed by atoms with Crippen molar-refractivity contribution in [1.29, 1.82) is 0 Å². The minimum Gasteiger partial charge on any atom is -0.295 e. The Labute approximate surface area is 87.3 Å². The summed E-state index contributed by atoms with van der Waals surface area (Å²) >= 11 is 5.18. The molecule has 1 fully saturated rings. The first-order valence-corrected chi connectivity index (χ1v) is 5.57. The summed E-state index contributed by atoms with van der Waals surface area (Å²) in [6, 6.07) is 0. The van der Waals surface area contributed by atoms with E-state index in [4.69, 9.17) is 11.6 Å². The van der Waals surface area contributed by atoms with Crippen LogP contribution < -0.4 is 0 Å². The van der Waals surface area contributed by atoms with E-state index in [9.17, 15) is 4.79 Å². The first-order chi connectivity index (χ1) is 6.29. The van der Waals surface area contributed by atoms with Crippen molar-refractivity contribution in [3.8, 4) is 0 Å². The van der Waals surface area contributed by atoms with Crippen LogP contribution in [-0.2, 0) is 4.79 Å². The summed E-state index contributed by atoms with van der Waals surface area (Å²) in [7, 11) is 0. The second-order valence-electron chi connectivity index (χ2n) is 2.34. The van der Waals surface area contributed by atoms with Gasteiger partial charge in [-0.3, -0.25) is 9.69 Å². The van der Waals surface area contributed by atoms with E-state index in [-0.39, 0.29) is 5.24 Å². The smallest absolute Gasteiger partial charge is 0.235 e. The van der Waals surface area contributed by atoms with Crippen molar-refractivity contribution in [3.63, 3.8) is 0 Å². The number of carbonyl (C=O) groups is 1. The van der Waals surface area contributed by atoms with Crippen LogP contribution in [-0.4, -0.2) is 29.8 Å². The van der Waals surface area contributed by atoms with Crippen molar-refractivity contribution < 1.29 is 4.79 Å². The molecule has 80 valence electrons. The average molecular weight is 208 g/mol. The fourth-order valence-corrected chi connectivity index (χ4v) is 1.29. The molecule has 3 heteroatoms.